The van der Waals surface area contributed by atoms with E-state index in [-0.39, 0.29) is 15.6 Å². The number of anilines is 2. The molecule has 2 heterocycles. The van der Waals surface area contributed by atoms with Gasteiger partial charge in [0, 0.05) is 23.5 Å². The highest BCUT2D eigenvalue weighted by molar-refractivity contribution is 6.40. The van der Waals surface area contributed by atoms with Crippen LogP contribution in [0.3, 0.4) is 0 Å². The number of halogens is 2. The molecule has 7 nitrogen and oxygen atoms in total. The van der Waals surface area contributed by atoms with E-state index in [1.165, 1.54) is 12.4 Å². The minimum Gasteiger partial charge on any atom is -0.479 e. The quantitative estimate of drug-likeness (QED) is 0.331. The molecule has 4 aromatic rings. The molecule has 0 saturated heterocycles. The summed E-state index contributed by atoms with van der Waals surface area (Å²) in [5, 5.41) is 16.9. The van der Waals surface area contributed by atoms with Crippen LogP contribution in [0.25, 0.3) is 10.9 Å². The Labute approximate surface area is 199 Å². The largest absolute Gasteiger partial charge is 0.479 e. The fraction of sp³-hybridized carbons (Fsp3) is 0.0833. The van der Waals surface area contributed by atoms with E-state index in [1.807, 2.05) is 30.3 Å². The monoisotopic (exact) mass is 480 g/mol. The van der Waals surface area contributed by atoms with Gasteiger partial charge in [0.05, 0.1) is 21.1 Å². The first-order chi connectivity index (χ1) is 15.8. The molecule has 0 saturated carbocycles. The van der Waals surface area contributed by atoms with Crippen LogP contribution in [0.1, 0.15) is 22.8 Å². The van der Waals surface area contributed by atoms with E-state index < -0.39 is 17.4 Å². The molecule has 2 aromatic heterocycles. The molecule has 2 aromatic carbocycles. The number of carboxylic acid groups (broad SMARTS) is 1. The van der Waals surface area contributed by atoms with Crippen LogP contribution in [0.4, 0.5) is 11.5 Å². The van der Waals surface area contributed by atoms with Gasteiger partial charge in [-0.3, -0.25) is 9.78 Å². The van der Waals surface area contributed by atoms with Gasteiger partial charge in [0.25, 0.3) is 5.91 Å². The van der Waals surface area contributed by atoms with E-state index >= 15 is 0 Å². The summed E-state index contributed by atoms with van der Waals surface area (Å²) in [6, 6.07) is 17.6. The maximum Gasteiger partial charge on any atom is 0.333 e. The summed E-state index contributed by atoms with van der Waals surface area (Å²) in [6.45, 7) is 1.55. The first-order valence-corrected chi connectivity index (χ1v) is 10.6. The number of pyridine rings is 2. The molecule has 0 bridgehead atoms. The lowest BCUT2D eigenvalue weighted by Crippen LogP contribution is -2.40. The van der Waals surface area contributed by atoms with Crippen molar-refractivity contribution in [1.29, 1.82) is 0 Å². The Bertz CT molecular complexity index is 1340. The number of hydrogen-bond acceptors (Lipinski definition) is 5. The summed E-state index contributed by atoms with van der Waals surface area (Å²) in [5.41, 5.74) is 0.321. The summed E-state index contributed by atoms with van der Waals surface area (Å²) in [6.07, 6.45) is 2.66. The third kappa shape index (κ3) is 4.60. The second kappa shape index (κ2) is 9.05. The number of rotatable bonds is 6. The van der Waals surface area contributed by atoms with Crippen molar-refractivity contribution in [2.75, 3.05) is 10.6 Å². The number of carbonyl (C=O) groups is 2. The van der Waals surface area contributed by atoms with E-state index in [2.05, 4.69) is 20.6 Å². The average molecular weight is 481 g/mol. The molecule has 1 unspecified atom stereocenters. The van der Waals surface area contributed by atoms with Crippen molar-refractivity contribution in [2.24, 2.45) is 0 Å². The van der Waals surface area contributed by atoms with Gasteiger partial charge in [-0.25, -0.2) is 9.78 Å². The van der Waals surface area contributed by atoms with E-state index in [0.717, 1.165) is 10.9 Å². The molecule has 3 N–H and O–H groups in total. The van der Waals surface area contributed by atoms with Crippen molar-refractivity contribution in [3.8, 4) is 0 Å². The number of nitrogens with zero attached hydrogens (tertiary/aromatic N) is 2. The lowest BCUT2D eigenvalue weighted by Gasteiger charge is -2.27. The van der Waals surface area contributed by atoms with Crippen LogP contribution in [-0.4, -0.2) is 27.0 Å². The predicted molar refractivity (Wildman–Crippen MR) is 129 cm³/mol. The maximum absolute atomic E-state index is 12.6. The normalized spacial score (nSPS) is 12.7. The molecule has 9 heteroatoms. The van der Waals surface area contributed by atoms with Crippen LogP contribution in [0.5, 0.6) is 0 Å². The van der Waals surface area contributed by atoms with E-state index in [9.17, 15) is 14.7 Å². The van der Waals surface area contributed by atoms with E-state index in [4.69, 9.17) is 23.2 Å². The summed E-state index contributed by atoms with van der Waals surface area (Å²) >= 11 is 12.1. The zero-order chi connectivity index (χ0) is 23.6. The number of benzene rings is 2. The highest BCUT2D eigenvalue weighted by Crippen LogP contribution is 2.29. The molecule has 0 aliphatic rings. The Morgan fingerprint density at radius 3 is 2.27 bits per heavy atom. The Morgan fingerprint density at radius 2 is 1.61 bits per heavy atom. The number of aromatic nitrogens is 2. The highest BCUT2D eigenvalue weighted by Gasteiger charge is 2.35. The van der Waals surface area contributed by atoms with Gasteiger partial charge >= 0.3 is 5.97 Å². The predicted octanol–water partition coefficient (Wildman–Crippen LogP) is 5.60. The lowest BCUT2D eigenvalue weighted by molar-refractivity contribution is -0.142. The Kier molecular flexibility index (Phi) is 6.18. The highest BCUT2D eigenvalue weighted by atomic mass is 35.5. The van der Waals surface area contributed by atoms with Crippen LogP contribution in [0.2, 0.25) is 10.0 Å². The van der Waals surface area contributed by atoms with E-state index in [0.29, 0.717) is 17.1 Å². The number of amides is 1. The number of carboxylic acids is 1. The van der Waals surface area contributed by atoms with Crippen molar-refractivity contribution >= 4 is 57.5 Å². The molecule has 0 spiro atoms. The second-order valence-corrected chi connectivity index (χ2v) is 8.27. The molecule has 0 fully saturated rings. The van der Waals surface area contributed by atoms with Crippen LogP contribution in [0, 0.1) is 0 Å². The van der Waals surface area contributed by atoms with Crippen molar-refractivity contribution in [1.82, 2.24) is 9.97 Å². The van der Waals surface area contributed by atoms with Crippen molar-refractivity contribution < 1.29 is 14.7 Å². The third-order valence-corrected chi connectivity index (χ3v) is 5.78. The maximum atomic E-state index is 12.6. The fourth-order valence-corrected chi connectivity index (χ4v) is 3.89. The van der Waals surface area contributed by atoms with Crippen molar-refractivity contribution in [2.45, 2.75) is 12.5 Å². The second-order valence-electron chi connectivity index (χ2n) is 7.45. The molecule has 4 rings (SSSR count). The molecular formula is C24H18Cl2N4O3. The average Bonchev–Trinajstić information content (AvgIpc) is 2.79. The first kappa shape index (κ1) is 22.5. The minimum atomic E-state index is -1.46. The number of aliphatic carboxylic acids is 1. The molecule has 0 aliphatic carbocycles. The summed E-state index contributed by atoms with van der Waals surface area (Å²) in [4.78, 5) is 33.1. The smallest absolute Gasteiger partial charge is 0.333 e. The number of carbonyl (C=O) groups excluding carboxylic acids is 1. The molecule has 0 aliphatic heterocycles. The van der Waals surface area contributed by atoms with Gasteiger partial charge in [-0.1, -0.05) is 53.5 Å². The fourth-order valence-electron chi connectivity index (χ4n) is 3.35. The van der Waals surface area contributed by atoms with Crippen molar-refractivity contribution in [3.63, 3.8) is 0 Å². The zero-order valence-electron chi connectivity index (χ0n) is 17.3. The Hall–Kier alpha value is -3.68. The number of fused-ring (bicyclic) bond motifs is 1. The standard InChI is InChI=1S/C24H18Cl2N4O3/c1-24(23(32)33,30-20-11-6-14-4-2-3-5-19(14)29-20)15-7-9-16(10-8-15)28-22(31)21-17(25)12-27-13-18(21)26/h2-13H,1H3,(H,28,31)(H,29,30)(H,32,33). The lowest BCUT2D eigenvalue weighted by atomic mass is 9.91. The topological polar surface area (TPSA) is 104 Å². The zero-order valence-corrected chi connectivity index (χ0v) is 18.9. The van der Waals surface area contributed by atoms with Gasteiger partial charge in [0.15, 0.2) is 5.54 Å². The van der Waals surface area contributed by atoms with Crippen LogP contribution in [0.15, 0.2) is 73.1 Å². The number of nitrogens with one attached hydrogen (secondary N) is 2. The number of hydrogen-bond donors (Lipinski definition) is 3. The van der Waals surface area contributed by atoms with Gasteiger partial charge in [0.1, 0.15) is 5.82 Å². The van der Waals surface area contributed by atoms with Gasteiger partial charge in [-0.15, -0.1) is 0 Å². The van der Waals surface area contributed by atoms with Crippen LogP contribution in [-0.2, 0) is 10.3 Å². The van der Waals surface area contributed by atoms with Crippen LogP contribution >= 0.6 is 23.2 Å². The Balaban J connectivity index is 1.58. The summed E-state index contributed by atoms with van der Waals surface area (Å²) < 4.78 is 0. The summed E-state index contributed by atoms with van der Waals surface area (Å²) in [5.74, 6) is -1.15. The number of para-hydroxylation sites is 1. The van der Waals surface area contributed by atoms with Gasteiger partial charge in [-0.05, 0) is 42.8 Å². The van der Waals surface area contributed by atoms with Crippen LogP contribution < -0.4 is 10.6 Å². The van der Waals surface area contributed by atoms with Crippen molar-refractivity contribution in [3.05, 3.63) is 94.2 Å². The van der Waals surface area contributed by atoms with E-state index in [1.54, 1.807) is 37.3 Å². The molecule has 1 atom stereocenters. The SMILES string of the molecule is CC(Nc1ccc2ccccc2n1)(C(=O)O)c1ccc(NC(=O)c2c(Cl)cncc2Cl)cc1. The van der Waals surface area contributed by atoms with Gasteiger partial charge in [-0.2, -0.15) is 0 Å². The Morgan fingerprint density at radius 1 is 0.939 bits per heavy atom. The first-order valence-electron chi connectivity index (χ1n) is 9.86. The van der Waals surface area contributed by atoms with Gasteiger partial charge < -0.3 is 15.7 Å². The van der Waals surface area contributed by atoms with Gasteiger partial charge in [0.2, 0.25) is 0 Å². The molecule has 33 heavy (non-hydrogen) atoms. The molecule has 166 valence electrons. The molecule has 0 radical (unpaired) electrons. The molecule has 1 amide bonds. The minimum absolute atomic E-state index is 0.108. The third-order valence-electron chi connectivity index (χ3n) is 5.20. The summed E-state index contributed by atoms with van der Waals surface area (Å²) in [7, 11) is 0. The molecular weight excluding hydrogens is 463 g/mol.